The van der Waals surface area contributed by atoms with Crippen molar-refractivity contribution in [2.75, 3.05) is 13.2 Å². The molecular weight excluding hydrogens is 220 g/mol. The number of ether oxygens (including phenoxy) is 1. The number of hydrogen-bond donors (Lipinski definition) is 1. The Morgan fingerprint density at radius 3 is 2.94 bits per heavy atom. The highest BCUT2D eigenvalue weighted by molar-refractivity contribution is 5.80. The first-order valence-electron chi connectivity index (χ1n) is 6.29. The van der Waals surface area contributed by atoms with Crippen LogP contribution in [0, 0.1) is 17.3 Å². The van der Waals surface area contributed by atoms with Gasteiger partial charge in [0.2, 0.25) is 0 Å². The highest BCUT2D eigenvalue weighted by Crippen LogP contribution is 2.49. The first kappa shape index (κ1) is 12.6. The molecule has 17 heavy (non-hydrogen) atoms. The van der Waals surface area contributed by atoms with Crippen LogP contribution in [-0.2, 0) is 14.3 Å². The number of carbonyl (C=O) groups is 2. The fourth-order valence-corrected chi connectivity index (χ4v) is 3.61. The zero-order valence-corrected chi connectivity index (χ0v) is 10.3. The minimum atomic E-state index is -0.255. The maximum absolute atomic E-state index is 11.6. The molecule has 2 saturated carbocycles. The Morgan fingerprint density at radius 2 is 2.29 bits per heavy atom. The third-order valence-electron chi connectivity index (χ3n) is 4.06. The lowest BCUT2D eigenvalue weighted by Crippen LogP contribution is -2.43. The highest BCUT2D eigenvalue weighted by atomic mass is 16.5. The van der Waals surface area contributed by atoms with Gasteiger partial charge in [0.1, 0.15) is 5.78 Å². The van der Waals surface area contributed by atoms with Gasteiger partial charge in [-0.25, -0.2) is 0 Å². The SMILES string of the molecule is CC(=O)OCC1CC2CC(=O)CC(CO)(C1)C2. The molecule has 4 heteroatoms. The minimum absolute atomic E-state index is 0.0752. The quantitative estimate of drug-likeness (QED) is 0.755. The van der Waals surface area contributed by atoms with Crippen molar-refractivity contribution < 1.29 is 19.4 Å². The van der Waals surface area contributed by atoms with Crippen molar-refractivity contribution >= 4 is 11.8 Å². The topological polar surface area (TPSA) is 63.6 Å². The first-order chi connectivity index (χ1) is 8.03. The van der Waals surface area contributed by atoms with Crippen molar-refractivity contribution in [1.82, 2.24) is 0 Å². The summed E-state index contributed by atoms with van der Waals surface area (Å²) in [4.78, 5) is 22.4. The number of Topliss-reactive ketones (excluding diaryl/α,β-unsaturated/α-hetero) is 1. The smallest absolute Gasteiger partial charge is 0.302 e. The zero-order valence-electron chi connectivity index (χ0n) is 10.3. The molecule has 0 aromatic heterocycles. The molecule has 2 bridgehead atoms. The van der Waals surface area contributed by atoms with E-state index in [1.54, 1.807) is 0 Å². The monoisotopic (exact) mass is 240 g/mol. The van der Waals surface area contributed by atoms with Crippen molar-refractivity contribution in [1.29, 1.82) is 0 Å². The molecule has 2 aliphatic carbocycles. The number of aliphatic hydroxyl groups is 1. The second-order valence-electron chi connectivity index (χ2n) is 5.76. The predicted molar refractivity (Wildman–Crippen MR) is 61.2 cm³/mol. The summed E-state index contributed by atoms with van der Waals surface area (Å²) in [5.41, 5.74) is -0.233. The van der Waals surface area contributed by atoms with E-state index in [4.69, 9.17) is 4.74 Å². The van der Waals surface area contributed by atoms with E-state index in [1.165, 1.54) is 6.92 Å². The molecule has 4 nitrogen and oxygen atoms in total. The average Bonchev–Trinajstić information content (AvgIpc) is 2.25. The van der Waals surface area contributed by atoms with Crippen molar-refractivity contribution in [3.63, 3.8) is 0 Å². The Labute approximate surface area is 101 Å². The van der Waals surface area contributed by atoms with E-state index < -0.39 is 0 Å². The number of fused-ring (bicyclic) bond motifs is 2. The third-order valence-corrected chi connectivity index (χ3v) is 4.06. The number of carbonyl (C=O) groups excluding carboxylic acids is 2. The van der Waals surface area contributed by atoms with Gasteiger partial charge in [-0.2, -0.15) is 0 Å². The molecule has 0 radical (unpaired) electrons. The number of aliphatic hydroxyl groups excluding tert-OH is 1. The van der Waals surface area contributed by atoms with Gasteiger partial charge in [0.15, 0.2) is 0 Å². The molecule has 0 heterocycles. The van der Waals surface area contributed by atoms with Gasteiger partial charge in [-0.3, -0.25) is 9.59 Å². The molecule has 0 aliphatic heterocycles. The van der Waals surface area contributed by atoms with Crippen LogP contribution in [0.3, 0.4) is 0 Å². The van der Waals surface area contributed by atoms with Crippen molar-refractivity contribution in [3.05, 3.63) is 0 Å². The lowest BCUT2D eigenvalue weighted by molar-refractivity contribution is -0.146. The van der Waals surface area contributed by atoms with Crippen molar-refractivity contribution in [3.8, 4) is 0 Å². The molecular formula is C13H20O4. The third kappa shape index (κ3) is 2.86. The number of hydrogen-bond acceptors (Lipinski definition) is 4. The highest BCUT2D eigenvalue weighted by Gasteiger charge is 2.45. The van der Waals surface area contributed by atoms with E-state index in [0.717, 1.165) is 19.3 Å². The normalized spacial score (nSPS) is 36.7. The van der Waals surface area contributed by atoms with Gasteiger partial charge in [0.05, 0.1) is 6.61 Å². The first-order valence-corrected chi connectivity index (χ1v) is 6.29. The average molecular weight is 240 g/mol. The molecule has 2 fully saturated rings. The van der Waals surface area contributed by atoms with Crippen LogP contribution < -0.4 is 0 Å². The number of ketones is 1. The van der Waals surface area contributed by atoms with Gasteiger partial charge < -0.3 is 9.84 Å². The molecule has 2 rings (SSSR count). The summed E-state index contributed by atoms with van der Waals surface area (Å²) < 4.78 is 5.06. The van der Waals surface area contributed by atoms with Gasteiger partial charge in [-0.05, 0) is 31.1 Å². The number of rotatable bonds is 3. The number of esters is 1. The van der Waals surface area contributed by atoms with E-state index in [9.17, 15) is 14.7 Å². The molecule has 2 aliphatic rings. The van der Waals surface area contributed by atoms with E-state index in [0.29, 0.717) is 31.3 Å². The van der Waals surface area contributed by atoms with Crippen LogP contribution in [0.4, 0.5) is 0 Å². The van der Waals surface area contributed by atoms with Crippen LogP contribution in [0.2, 0.25) is 0 Å². The standard InChI is InChI=1S/C13H20O4/c1-9(15)17-7-11-2-10-3-12(16)6-13(4-10,5-11)8-14/h10-11,14H,2-8H2,1H3. The molecule has 3 atom stereocenters. The summed E-state index contributed by atoms with van der Waals surface area (Å²) in [5, 5.41) is 9.55. The summed E-state index contributed by atoms with van der Waals surface area (Å²) in [5.74, 6) is 0.701. The summed E-state index contributed by atoms with van der Waals surface area (Å²) in [6.07, 6.45) is 3.83. The maximum atomic E-state index is 11.6. The van der Waals surface area contributed by atoms with E-state index in [1.807, 2.05) is 0 Å². The van der Waals surface area contributed by atoms with E-state index in [-0.39, 0.29) is 23.8 Å². The summed E-state index contributed by atoms with van der Waals surface area (Å²) in [6, 6.07) is 0. The fraction of sp³-hybridized carbons (Fsp3) is 0.846. The van der Waals surface area contributed by atoms with Crippen LogP contribution in [0.25, 0.3) is 0 Å². The van der Waals surface area contributed by atoms with Gasteiger partial charge in [0, 0.05) is 31.8 Å². The molecule has 96 valence electrons. The van der Waals surface area contributed by atoms with Gasteiger partial charge >= 0.3 is 5.97 Å². The van der Waals surface area contributed by atoms with Crippen LogP contribution >= 0.6 is 0 Å². The molecule has 0 spiro atoms. The summed E-state index contributed by atoms with van der Waals surface area (Å²) in [6.45, 7) is 1.92. The van der Waals surface area contributed by atoms with Crippen LogP contribution in [0.1, 0.15) is 39.0 Å². The Hall–Kier alpha value is -0.900. The molecule has 0 aromatic carbocycles. The van der Waals surface area contributed by atoms with Crippen LogP contribution in [0.15, 0.2) is 0 Å². The largest absolute Gasteiger partial charge is 0.466 e. The Balaban J connectivity index is 2.01. The molecule has 0 aromatic rings. The van der Waals surface area contributed by atoms with Gasteiger partial charge in [-0.1, -0.05) is 0 Å². The molecule has 0 saturated heterocycles. The lowest BCUT2D eigenvalue weighted by atomic mass is 9.59. The molecule has 3 unspecified atom stereocenters. The van der Waals surface area contributed by atoms with Crippen molar-refractivity contribution in [2.24, 2.45) is 17.3 Å². The second-order valence-corrected chi connectivity index (χ2v) is 5.76. The maximum Gasteiger partial charge on any atom is 0.302 e. The predicted octanol–water partition coefficient (Wildman–Crippen LogP) is 1.31. The summed E-state index contributed by atoms with van der Waals surface area (Å²) in [7, 11) is 0. The molecule has 1 N–H and O–H groups in total. The Morgan fingerprint density at radius 1 is 1.53 bits per heavy atom. The zero-order chi connectivity index (χ0) is 12.5. The van der Waals surface area contributed by atoms with E-state index >= 15 is 0 Å². The fourth-order valence-electron chi connectivity index (χ4n) is 3.61. The van der Waals surface area contributed by atoms with Gasteiger partial charge in [0.25, 0.3) is 0 Å². The second kappa shape index (κ2) is 4.77. The van der Waals surface area contributed by atoms with Crippen LogP contribution in [-0.4, -0.2) is 30.1 Å². The minimum Gasteiger partial charge on any atom is -0.466 e. The van der Waals surface area contributed by atoms with E-state index in [2.05, 4.69) is 0 Å². The van der Waals surface area contributed by atoms with Crippen LogP contribution in [0.5, 0.6) is 0 Å². The molecule has 0 amide bonds. The summed E-state index contributed by atoms with van der Waals surface area (Å²) >= 11 is 0. The van der Waals surface area contributed by atoms with Crippen molar-refractivity contribution in [2.45, 2.75) is 39.0 Å². The van der Waals surface area contributed by atoms with Gasteiger partial charge in [-0.15, -0.1) is 0 Å². The lowest BCUT2D eigenvalue weighted by Gasteiger charge is -2.46. The Kier molecular flexibility index (Phi) is 3.52. The Bertz CT molecular complexity index is 325.